The summed E-state index contributed by atoms with van der Waals surface area (Å²) in [6, 6.07) is 6.98. The van der Waals surface area contributed by atoms with Crippen LogP contribution in [-0.2, 0) is 13.2 Å². The second-order valence-electron chi connectivity index (χ2n) is 3.89. The molecule has 2 rings (SSSR count). The van der Waals surface area contributed by atoms with Gasteiger partial charge in [0.25, 0.3) is 0 Å². The van der Waals surface area contributed by atoms with E-state index in [0.717, 1.165) is 17.1 Å². The first kappa shape index (κ1) is 13.3. The lowest BCUT2D eigenvalue weighted by Crippen LogP contribution is -1.96. The molecule has 18 heavy (non-hydrogen) atoms. The molecule has 0 aliphatic rings. The Morgan fingerprint density at radius 1 is 1.17 bits per heavy atom. The van der Waals surface area contributed by atoms with Gasteiger partial charge in [-0.15, -0.1) is 0 Å². The summed E-state index contributed by atoms with van der Waals surface area (Å²) in [5, 5.41) is 1.09. The molecule has 1 aromatic heterocycles. The van der Waals surface area contributed by atoms with Crippen molar-refractivity contribution in [3.05, 3.63) is 51.4 Å². The maximum Gasteiger partial charge on any atom is 0.122 e. The van der Waals surface area contributed by atoms with Crippen molar-refractivity contribution in [3.63, 3.8) is 0 Å². The molecule has 0 amide bonds. The van der Waals surface area contributed by atoms with E-state index in [4.69, 9.17) is 38.1 Å². The van der Waals surface area contributed by atoms with E-state index in [-0.39, 0.29) is 0 Å². The molecule has 1 aromatic carbocycles. The molecule has 5 heteroatoms. The van der Waals surface area contributed by atoms with Crippen LogP contribution in [0.3, 0.4) is 0 Å². The van der Waals surface area contributed by atoms with E-state index in [1.807, 2.05) is 13.0 Å². The third-order valence-electron chi connectivity index (χ3n) is 2.50. The van der Waals surface area contributed by atoms with Gasteiger partial charge in [-0.3, -0.25) is 0 Å². The molecule has 0 bridgehead atoms. The number of aryl methyl sites for hydroxylation is 1. The minimum atomic E-state index is 0.379. The van der Waals surface area contributed by atoms with Crippen molar-refractivity contribution in [1.29, 1.82) is 0 Å². The fourth-order valence-electron chi connectivity index (χ4n) is 1.60. The Morgan fingerprint density at radius 3 is 2.39 bits per heavy atom. The van der Waals surface area contributed by atoms with Crippen LogP contribution in [0.15, 0.2) is 28.7 Å². The van der Waals surface area contributed by atoms with E-state index in [2.05, 4.69) is 0 Å². The number of hydrogen-bond acceptors (Lipinski definition) is 3. The van der Waals surface area contributed by atoms with E-state index < -0.39 is 0 Å². The third kappa shape index (κ3) is 3.19. The largest absolute Gasteiger partial charge is 0.489 e. The van der Waals surface area contributed by atoms with Gasteiger partial charge in [-0.1, -0.05) is 23.2 Å². The topological polar surface area (TPSA) is 48.4 Å². The molecule has 0 radical (unpaired) electrons. The third-order valence-corrected chi connectivity index (χ3v) is 2.94. The van der Waals surface area contributed by atoms with Crippen molar-refractivity contribution in [3.8, 4) is 5.75 Å². The molecule has 0 atom stereocenters. The highest BCUT2D eigenvalue weighted by atomic mass is 35.5. The average molecular weight is 286 g/mol. The molecule has 0 saturated carbocycles. The molecule has 0 fully saturated rings. The van der Waals surface area contributed by atoms with Gasteiger partial charge in [0.15, 0.2) is 0 Å². The molecular formula is C13H13Cl2NO2. The maximum absolute atomic E-state index is 5.89. The number of rotatable bonds is 4. The summed E-state index contributed by atoms with van der Waals surface area (Å²) in [4.78, 5) is 0. The van der Waals surface area contributed by atoms with Crippen LogP contribution in [0.1, 0.15) is 17.1 Å². The molecule has 1 heterocycles. The van der Waals surface area contributed by atoms with Gasteiger partial charge in [0.05, 0.1) is 6.54 Å². The van der Waals surface area contributed by atoms with E-state index in [9.17, 15) is 0 Å². The van der Waals surface area contributed by atoms with Gasteiger partial charge < -0.3 is 14.9 Å². The summed E-state index contributed by atoms with van der Waals surface area (Å²) in [6.45, 7) is 2.65. The quantitative estimate of drug-likeness (QED) is 0.926. The highest BCUT2D eigenvalue weighted by Crippen LogP contribution is 2.25. The highest BCUT2D eigenvalue weighted by Gasteiger charge is 2.07. The summed E-state index contributed by atoms with van der Waals surface area (Å²) in [6.07, 6.45) is 0. The number of nitrogens with two attached hydrogens (primary N) is 1. The van der Waals surface area contributed by atoms with Gasteiger partial charge in [-0.2, -0.15) is 0 Å². The van der Waals surface area contributed by atoms with Crippen LogP contribution in [0, 0.1) is 6.92 Å². The van der Waals surface area contributed by atoms with Crippen LogP contribution in [0.5, 0.6) is 5.75 Å². The zero-order chi connectivity index (χ0) is 13.1. The number of halogens is 2. The van der Waals surface area contributed by atoms with Crippen molar-refractivity contribution >= 4 is 23.2 Å². The summed E-state index contributed by atoms with van der Waals surface area (Å²) < 4.78 is 11.1. The van der Waals surface area contributed by atoms with E-state index in [0.29, 0.717) is 28.9 Å². The lowest BCUT2D eigenvalue weighted by molar-refractivity contribution is 0.303. The second kappa shape index (κ2) is 5.65. The zero-order valence-electron chi connectivity index (χ0n) is 9.87. The van der Waals surface area contributed by atoms with E-state index >= 15 is 0 Å². The van der Waals surface area contributed by atoms with Gasteiger partial charge in [0, 0.05) is 15.6 Å². The van der Waals surface area contributed by atoms with Crippen molar-refractivity contribution in [2.75, 3.05) is 0 Å². The lowest BCUT2D eigenvalue weighted by atomic mass is 10.2. The monoisotopic (exact) mass is 285 g/mol. The minimum absolute atomic E-state index is 0.379. The van der Waals surface area contributed by atoms with Crippen LogP contribution in [0.2, 0.25) is 10.0 Å². The smallest absolute Gasteiger partial charge is 0.122 e. The van der Waals surface area contributed by atoms with Crippen LogP contribution in [-0.4, -0.2) is 0 Å². The van der Waals surface area contributed by atoms with Crippen LogP contribution in [0.25, 0.3) is 0 Å². The predicted octanol–water partition coefficient (Wildman–Crippen LogP) is 3.93. The number of benzene rings is 1. The van der Waals surface area contributed by atoms with Crippen LogP contribution < -0.4 is 10.5 Å². The molecular weight excluding hydrogens is 273 g/mol. The SMILES string of the molecule is Cc1oc(CN)cc1COc1cc(Cl)cc(Cl)c1. The highest BCUT2D eigenvalue weighted by molar-refractivity contribution is 6.34. The molecule has 3 nitrogen and oxygen atoms in total. The Kier molecular flexibility index (Phi) is 4.17. The molecule has 0 aliphatic heterocycles. The Balaban J connectivity index is 2.08. The van der Waals surface area contributed by atoms with Crippen molar-refractivity contribution in [1.82, 2.24) is 0 Å². The van der Waals surface area contributed by atoms with Crippen molar-refractivity contribution < 1.29 is 9.15 Å². The lowest BCUT2D eigenvalue weighted by Gasteiger charge is -2.06. The summed E-state index contributed by atoms with van der Waals surface area (Å²) in [5.41, 5.74) is 6.47. The maximum atomic E-state index is 5.89. The standard InChI is InChI=1S/C13H13Cl2NO2/c1-8-9(2-13(6-16)18-8)7-17-12-4-10(14)3-11(15)5-12/h2-5H,6-7,16H2,1H3. The first-order valence-electron chi connectivity index (χ1n) is 5.45. The summed E-state index contributed by atoms with van der Waals surface area (Å²) in [5.74, 6) is 2.18. The minimum Gasteiger partial charge on any atom is -0.489 e. The molecule has 0 unspecified atom stereocenters. The number of ether oxygens (including phenoxy) is 1. The summed E-state index contributed by atoms with van der Waals surface area (Å²) >= 11 is 11.8. The summed E-state index contributed by atoms with van der Waals surface area (Å²) in [7, 11) is 0. The van der Waals surface area contributed by atoms with Gasteiger partial charge in [-0.25, -0.2) is 0 Å². The molecule has 0 saturated heterocycles. The Hall–Kier alpha value is -1.16. The van der Waals surface area contributed by atoms with Crippen molar-refractivity contribution in [2.45, 2.75) is 20.1 Å². The zero-order valence-corrected chi connectivity index (χ0v) is 11.4. The molecule has 96 valence electrons. The molecule has 2 aromatic rings. The van der Waals surface area contributed by atoms with Crippen LogP contribution >= 0.6 is 23.2 Å². The second-order valence-corrected chi connectivity index (χ2v) is 4.76. The fraction of sp³-hybridized carbons (Fsp3) is 0.231. The Labute approximate surface area is 115 Å². The molecule has 2 N–H and O–H groups in total. The Morgan fingerprint density at radius 2 is 1.83 bits per heavy atom. The predicted molar refractivity (Wildman–Crippen MR) is 72.1 cm³/mol. The first-order valence-corrected chi connectivity index (χ1v) is 6.21. The van der Waals surface area contributed by atoms with E-state index in [1.165, 1.54) is 0 Å². The molecule has 0 spiro atoms. The molecule has 0 aliphatic carbocycles. The van der Waals surface area contributed by atoms with Gasteiger partial charge in [-0.05, 0) is 31.2 Å². The van der Waals surface area contributed by atoms with Gasteiger partial charge in [0.1, 0.15) is 23.9 Å². The average Bonchev–Trinajstić information content (AvgIpc) is 2.66. The fourth-order valence-corrected chi connectivity index (χ4v) is 2.11. The first-order chi connectivity index (χ1) is 8.58. The van der Waals surface area contributed by atoms with Crippen LogP contribution in [0.4, 0.5) is 0 Å². The van der Waals surface area contributed by atoms with Crippen molar-refractivity contribution in [2.24, 2.45) is 5.73 Å². The van der Waals surface area contributed by atoms with Gasteiger partial charge >= 0.3 is 0 Å². The Bertz CT molecular complexity index is 532. The van der Waals surface area contributed by atoms with E-state index in [1.54, 1.807) is 18.2 Å². The number of hydrogen-bond donors (Lipinski definition) is 1. The number of furan rings is 1. The normalized spacial score (nSPS) is 10.7. The van der Waals surface area contributed by atoms with Gasteiger partial charge in [0.2, 0.25) is 0 Å².